The second-order valence-electron chi connectivity index (χ2n) is 5.01. The van der Waals surface area contributed by atoms with Crippen LogP contribution in [-0.2, 0) is 11.3 Å². The van der Waals surface area contributed by atoms with Crippen molar-refractivity contribution in [2.75, 3.05) is 34.0 Å². The van der Waals surface area contributed by atoms with Gasteiger partial charge in [-0.2, -0.15) is 0 Å². The molecule has 20 heavy (non-hydrogen) atoms. The smallest absolute Gasteiger partial charge is 0.179 e. The van der Waals surface area contributed by atoms with Crippen molar-refractivity contribution in [2.24, 2.45) is 5.92 Å². The van der Waals surface area contributed by atoms with Crippen LogP contribution in [0.5, 0.6) is 11.5 Å². The molecule has 1 heterocycles. The van der Waals surface area contributed by atoms with Crippen molar-refractivity contribution in [3.05, 3.63) is 22.7 Å². The van der Waals surface area contributed by atoms with Gasteiger partial charge in [0.1, 0.15) is 0 Å². The molecule has 0 atom stereocenters. The summed E-state index contributed by atoms with van der Waals surface area (Å²) in [7, 11) is 3.53. The fourth-order valence-electron chi connectivity index (χ4n) is 2.33. The van der Waals surface area contributed by atoms with Crippen LogP contribution in [0.25, 0.3) is 0 Å². The van der Waals surface area contributed by atoms with E-state index in [2.05, 4.69) is 5.32 Å². The average Bonchev–Trinajstić information content (AvgIpc) is 2.47. The highest BCUT2D eigenvalue weighted by atomic mass is 35.5. The quantitative estimate of drug-likeness (QED) is 0.877. The highest BCUT2D eigenvalue weighted by Crippen LogP contribution is 2.37. The van der Waals surface area contributed by atoms with Crippen molar-refractivity contribution in [3.8, 4) is 11.5 Å². The minimum absolute atomic E-state index is 0.529. The summed E-state index contributed by atoms with van der Waals surface area (Å²) in [6.45, 7) is 3.04. The molecule has 2 rings (SSSR count). The number of benzene rings is 1. The highest BCUT2D eigenvalue weighted by Gasteiger charge is 2.17. The van der Waals surface area contributed by atoms with Crippen LogP contribution in [0.15, 0.2) is 12.1 Å². The topological polar surface area (TPSA) is 39.7 Å². The third-order valence-corrected chi connectivity index (χ3v) is 3.76. The number of nitrogens with one attached hydrogen (secondary N) is 1. The minimum Gasteiger partial charge on any atom is -0.493 e. The molecule has 4 nitrogen and oxygen atoms in total. The first-order valence-corrected chi connectivity index (χ1v) is 7.34. The van der Waals surface area contributed by atoms with E-state index in [9.17, 15) is 0 Å². The van der Waals surface area contributed by atoms with Gasteiger partial charge in [0.15, 0.2) is 11.5 Å². The molecule has 1 saturated heterocycles. The second kappa shape index (κ2) is 7.72. The molecule has 0 aliphatic carbocycles. The van der Waals surface area contributed by atoms with Gasteiger partial charge in [-0.3, -0.25) is 0 Å². The molecule has 1 aliphatic rings. The zero-order valence-electron chi connectivity index (χ0n) is 12.1. The Kier molecular flexibility index (Phi) is 5.95. The van der Waals surface area contributed by atoms with E-state index in [1.54, 1.807) is 7.11 Å². The van der Waals surface area contributed by atoms with Crippen molar-refractivity contribution in [1.29, 1.82) is 0 Å². The van der Waals surface area contributed by atoms with E-state index >= 15 is 0 Å². The van der Waals surface area contributed by atoms with Gasteiger partial charge in [0.05, 0.1) is 18.7 Å². The Labute approximate surface area is 125 Å². The third-order valence-electron chi connectivity index (χ3n) is 3.47. The predicted octanol–water partition coefficient (Wildman–Crippen LogP) is 2.87. The number of hydrogen-bond donors (Lipinski definition) is 1. The van der Waals surface area contributed by atoms with Gasteiger partial charge in [-0.15, -0.1) is 0 Å². The summed E-state index contributed by atoms with van der Waals surface area (Å²) in [5, 5.41) is 3.70. The van der Waals surface area contributed by atoms with Crippen LogP contribution < -0.4 is 14.8 Å². The molecule has 0 amide bonds. The molecular formula is C15H22ClNO3. The molecule has 112 valence electrons. The van der Waals surface area contributed by atoms with Crippen molar-refractivity contribution in [2.45, 2.75) is 19.4 Å². The molecule has 1 fully saturated rings. The Morgan fingerprint density at radius 3 is 2.75 bits per heavy atom. The summed E-state index contributed by atoms with van der Waals surface area (Å²) in [4.78, 5) is 0. The molecule has 1 aromatic carbocycles. The molecule has 1 aromatic rings. The number of rotatable bonds is 6. The first-order valence-electron chi connectivity index (χ1n) is 6.96. The number of ether oxygens (including phenoxy) is 3. The van der Waals surface area contributed by atoms with Gasteiger partial charge in [0, 0.05) is 19.8 Å². The number of halogens is 1. The molecular weight excluding hydrogens is 278 g/mol. The normalized spacial score (nSPS) is 16.1. The van der Waals surface area contributed by atoms with E-state index in [-0.39, 0.29) is 0 Å². The summed E-state index contributed by atoms with van der Waals surface area (Å²) in [5.74, 6) is 1.86. The molecule has 1 N–H and O–H groups in total. The van der Waals surface area contributed by atoms with Crippen molar-refractivity contribution < 1.29 is 14.2 Å². The maximum atomic E-state index is 6.31. The fraction of sp³-hybridized carbons (Fsp3) is 0.600. The molecule has 5 heteroatoms. The lowest BCUT2D eigenvalue weighted by Gasteiger charge is -2.23. The van der Waals surface area contributed by atoms with Crippen LogP contribution in [0.3, 0.4) is 0 Å². The lowest BCUT2D eigenvalue weighted by molar-refractivity contribution is 0.0493. The first-order chi connectivity index (χ1) is 9.74. The van der Waals surface area contributed by atoms with E-state index in [0.29, 0.717) is 29.0 Å². The zero-order chi connectivity index (χ0) is 14.4. The van der Waals surface area contributed by atoms with E-state index < -0.39 is 0 Å². The van der Waals surface area contributed by atoms with Gasteiger partial charge in [0.25, 0.3) is 0 Å². The number of methoxy groups -OCH3 is 1. The van der Waals surface area contributed by atoms with Crippen LogP contribution in [0.1, 0.15) is 18.4 Å². The van der Waals surface area contributed by atoms with Gasteiger partial charge in [-0.25, -0.2) is 0 Å². The van der Waals surface area contributed by atoms with E-state index in [1.807, 2.05) is 19.2 Å². The minimum atomic E-state index is 0.529. The fourth-order valence-corrected chi connectivity index (χ4v) is 2.62. The van der Waals surface area contributed by atoms with Crippen LogP contribution in [0.2, 0.25) is 5.02 Å². The molecule has 0 spiro atoms. The first kappa shape index (κ1) is 15.4. The van der Waals surface area contributed by atoms with Crippen molar-refractivity contribution in [1.82, 2.24) is 5.32 Å². The van der Waals surface area contributed by atoms with E-state index in [1.165, 1.54) is 0 Å². The van der Waals surface area contributed by atoms with Crippen molar-refractivity contribution >= 4 is 11.6 Å². The molecule has 0 aromatic heterocycles. The number of hydrogen-bond acceptors (Lipinski definition) is 4. The van der Waals surface area contributed by atoms with E-state index in [0.717, 1.165) is 38.2 Å². The zero-order valence-corrected chi connectivity index (χ0v) is 12.8. The largest absolute Gasteiger partial charge is 0.493 e. The Hall–Kier alpha value is -0.970. The monoisotopic (exact) mass is 299 g/mol. The van der Waals surface area contributed by atoms with Crippen molar-refractivity contribution in [3.63, 3.8) is 0 Å². The maximum absolute atomic E-state index is 6.31. The molecule has 0 saturated carbocycles. The molecule has 1 aliphatic heterocycles. The summed E-state index contributed by atoms with van der Waals surface area (Å²) in [6, 6.07) is 3.88. The van der Waals surface area contributed by atoms with E-state index in [4.69, 9.17) is 25.8 Å². The van der Waals surface area contributed by atoms with Gasteiger partial charge >= 0.3 is 0 Å². The molecule has 0 unspecified atom stereocenters. The lowest BCUT2D eigenvalue weighted by Crippen LogP contribution is -2.21. The third kappa shape index (κ3) is 4.01. The molecule has 0 radical (unpaired) electrons. The predicted molar refractivity (Wildman–Crippen MR) is 79.8 cm³/mol. The summed E-state index contributed by atoms with van der Waals surface area (Å²) >= 11 is 6.31. The van der Waals surface area contributed by atoms with Gasteiger partial charge in [-0.05, 0) is 43.5 Å². The molecule has 0 bridgehead atoms. The van der Waals surface area contributed by atoms with Crippen LogP contribution in [-0.4, -0.2) is 34.0 Å². The SMILES string of the molecule is CNCc1cc(Cl)c(OCC2CCOCC2)c(OC)c1. The lowest BCUT2D eigenvalue weighted by atomic mass is 10.0. The Balaban J connectivity index is 2.05. The summed E-state index contributed by atoms with van der Waals surface area (Å²) < 4.78 is 16.6. The standard InChI is InChI=1S/C15H22ClNO3/c1-17-9-12-7-13(16)15(14(8-12)18-2)20-10-11-3-5-19-6-4-11/h7-8,11,17H,3-6,9-10H2,1-2H3. The second-order valence-corrected chi connectivity index (χ2v) is 5.41. The Morgan fingerprint density at radius 2 is 2.10 bits per heavy atom. The van der Waals surface area contributed by atoms with Crippen LogP contribution >= 0.6 is 11.6 Å². The van der Waals surface area contributed by atoms with Crippen LogP contribution in [0, 0.1) is 5.92 Å². The summed E-state index contributed by atoms with van der Waals surface area (Å²) in [5.41, 5.74) is 1.08. The van der Waals surface area contributed by atoms with Gasteiger partial charge in [0.2, 0.25) is 0 Å². The van der Waals surface area contributed by atoms with Gasteiger partial charge < -0.3 is 19.5 Å². The average molecular weight is 300 g/mol. The van der Waals surface area contributed by atoms with Crippen LogP contribution in [0.4, 0.5) is 0 Å². The van der Waals surface area contributed by atoms with Gasteiger partial charge in [-0.1, -0.05) is 11.6 Å². The maximum Gasteiger partial charge on any atom is 0.179 e. The Morgan fingerprint density at radius 1 is 1.35 bits per heavy atom. The Bertz CT molecular complexity index is 433. The summed E-state index contributed by atoms with van der Waals surface area (Å²) in [6.07, 6.45) is 2.08. The highest BCUT2D eigenvalue weighted by molar-refractivity contribution is 6.32.